The van der Waals surface area contributed by atoms with Crippen LogP contribution in [-0.4, -0.2) is 28.1 Å². The molecule has 2 aromatic heterocycles. The molecule has 1 aliphatic carbocycles. The van der Waals surface area contributed by atoms with Gasteiger partial charge in [0.05, 0.1) is 17.4 Å². The minimum Gasteiger partial charge on any atom is -0.334 e. The van der Waals surface area contributed by atoms with Crippen LogP contribution in [0.5, 0.6) is 0 Å². The number of nitrogens with zero attached hydrogens (tertiary/aromatic N) is 3. The number of fused-ring (bicyclic) bond motifs is 1. The zero-order chi connectivity index (χ0) is 18.1. The maximum absolute atomic E-state index is 12.8. The molecule has 1 aliphatic heterocycles. The molecule has 0 radical (unpaired) electrons. The quantitative estimate of drug-likeness (QED) is 0.740. The standard InChI is InChI=1S/C20H21N3OS2/c1-13-14-5-2-6-16(14)22-20(15(13)11-21)26-12-19(24)23-9-3-7-17(23)18-8-4-10-25-18/h4,8,10,17H,2-3,5-7,9,12H2,1H3/t17-/m1/s1. The lowest BCUT2D eigenvalue weighted by molar-refractivity contribution is -0.129. The molecule has 134 valence electrons. The molecule has 0 saturated carbocycles. The predicted molar refractivity (Wildman–Crippen MR) is 104 cm³/mol. The van der Waals surface area contributed by atoms with E-state index in [2.05, 4.69) is 17.5 Å². The van der Waals surface area contributed by atoms with E-state index >= 15 is 0 Å². The van der Waals surface area contributed by atoms with Gasteiger partial charge in [0.15, 0.2) is 0 Å². The minimum absolute atomic E-state index is 0.148. The molecule has 3 heterocycles. The van der Waals surface area contributed by atoms with Gasteiger partial charge in [-0.25, -0.2) is 4.98 Å². The highest BCUT2D eigenvalue weighted by Crippen LogP contribution is 2.36. The first-order valence-electron chi connectivity index (χ1n) is 9.07. The van der Waals surface area contributed by atoms with E-state index in [1.54, 1.807) is 11.3 Å². The summed E-state index contributed by atoms with van der Waals surface area (Å²) in [6.07, 6.45) is 5.20. The van der Waals surface area contributed by atoms with E-state index in [0.717, 1.165) is 54.9 Å². The number of thiophene rings is 1. The number of nitriles is 1. The van der Waals surface area contributed by atoms with Crippen LogP contribution in [0.15, 0.2) is 22.5 Å². The second-order valence-corrected chi connectivity index (χ2v) is 8.80. The van der Waals surface area contributed by atoms with E-state index in [0.29, 0.717) is 11.3 Å². The number of likely N-dealkylation sites (tertiary alicyclic amines) is 1. The summed E-state index contributed by atoms with van der Waals surface area (Å²) in [5, 5.41) is 12.4. The minimum atomic E-state index is 0.148. The van der Waals surface area contributed by atoms with Crippen LogP contribution in [0.3, 0.4) is 0 Å². The molecule has 0 N–H and O–H groups in total. The lowest BCUT2D eigenvalue weighted by atomic mass is 10.0. The van der Waals surface area contributed by atoms with E-state index in [-0.39, 0.29) is 11.9 Å². The Bertz CT molecular complexity index is 870. The monoisotopic (exact) mass is 383 g/mol. The SMILES string of the molecule is Cc1c(C#N)c(SCC(=O)N2CCC[C@@H]2c2cccs2)nc2c1CCC2. The molecular formula is C20H21N3OS2. The molecule has 2 aliphatic rings. The van der Waals surface area contributed by atoms with Gasteiger partial charge in [0.1, 0.15) is 11.1 Å². The van der Waals surface area contributed by atoms with Crippen LogP contribution >= 0.6 is 23.1 Å². The second kappa shape index (κ2) is 7.42. The third-order valence-electron chi connectivity index (χ3n) is 5.36. The van der Waals surface area contributed by atoms with Crippen LogP contribution in [0.2, 0.25) is 0 Å². The molecule has 0 bridgehead atoms. The normalized spacial score (nSPS) is 18.8. The van der Waals surface area contributed by atoms with E-state index < -0.39 is 0 Å². The molecule has 0 aromatic carbocycles. The molecule has 0 unspecified atom stereocenters. The second-order valence-electron chi connectivity index (χ2n) is 6.86. The summed E-state index contributed by atoms with van der Waals surface area (Å²) in [5.74, 6) is 0.497. The zero-order valence-electron chi connectivity index (χ0n) is 14.8. The first-order valence-corrected chi connectivity index (χ1v) is 10.9. The number of pyridine rings is 1. The van der Waals surface area contributed by atoms with Crippen LogP contribution in [0, 0.1) is 18.3 Å². The Morgan fingerprint density at radius 3 is 3.12 bits per heavy atom. The molecule has 1 atom stereocenters. The van der Waals surface area contributed by atoms with Crippen LogP contribution < -0.4 is 0 Å². The summed E-state index contributed by atoms with van der Waals surface area (Å²) in [4.78, 5) is 20.8. The lowest BCUT2D eigenvalue weighted by Crippen LogP contribution is -2.31. The van der Waals surface area contributed by atoms with Crippen LogP contribution in [0.4, 0.5) is 0 Å². The average molecular weight is 384 g/mol. The summed E-state index contributed by atoms with van der Waals surface area (Å²) in [5.41, 5.74) is 4.07. The topological polar surface area (TPSA) is 57.0 Å². The maximum atomic E-state index is 12.8. The smallest absolute Gasteiger partial charge is 0.233 e. The van der Waals surface area contributed by atoms with Gasteiger partial charge in [-0.15, -0.1) is 11.3 Å². The number of aryl methyl sites for hydroxylation is 1. The van der Waals surface area contributed by atoms with Gasteiger partial charge in [0.25, 0.3) is 0 Å². The lowest BCUT2D eigenvalue weighted by Gasteiger charge is -2.24. The van der Waals surface area contributed by atoms with Gasteiger partial charge >= 0.3 is 0 Å². The molecule has 1 fully saturated rings. The fourth-order valence-electron chi connectivity index (χ4n) is 4.04. The zero-order valence-corrected chi connectivity index (χ0v) is 16.5. The van der Waals surface area contributed by atoms with Crippen molar-refractivity contribution in [2.24, 2.45) is 0 Å². The number of amides is 1. The van der Waals surface area contributed by atoms with Crippen molar-refractivity contribution in [3.63, 3.8) is 0 Å². The number of carbonyl (C=O) groups is 1. The van der Waals surface area contributed by atoms with Crippen molar-refractivity contribution in [1.29, 1.82) is 5.26 Å². The summed E-state index contributed by atoms with van der Waals surface area (Å²) in [7, 11) is 0. The van der Waals surface area contributed by atoms with Crippen molar-refractivity contribution in [2.45, 2.75) is 50.1 Å². The fourth-order valence-corrected chi connectivity index (χ4v) is 5.85. The van der Waals surface area contributed by atoms with Crippen LogP contribution in [0.1, 0.15) is 52.6 Å². The number of thioether (sulfide) groups is 1. The van der Waals surface area contributed by atoms with Crippen LogP contribution in [0.25, 0.3) is 0 Å². The molecule has 0 spiro atoms. The van der Waals surface area contributed by atoms with E-state index in [1.165, 1.54) is 22.2 Å². The number of rotatable bonds is 4. The molecule has 1 amide bonds. The molecule has 4 nitrogen and oxygen atoms in total. The van der Waals surface area contributed by atoms with Gasteiger partial charge < -0.3 is 4.90 Å². The highest BCUT2D eigenvalue weighted by Gasteiger charge is 2.31. The fraction of sp³-hybridized carbons (Fsp3) is 0.450. The largest absolute Gasteiger partial charge is 0.334 e. The third-order valence-corrected chi connectivity index (χ3v) is 7.29. The first kappa shape index (κ1) is 17.6. The molecule has 4 rings (SSSR count). The van der Waals surface area contributed by atoms with Gasteiger partial charge in [0, 0.05) is 17.1 Å². The molecule has 1 saturated heterocycles. The van der Waals surface area contributed by atoms with Crippen LogP contribution in [-0.2, 0) is 17.6 Å². The van der Waals surface area contributed by atoms with Gasteiger partial charge in [-0.2, -0.15) is 5.26 Å². The summed E-state index contributed by atoms with van der Waals surface area (Å²) >= 11 is 3.15. The van der Waals surface area contributed by atoms with Crippen molar-refractivity contribution in [2.75, 3.05) is 12.3 Å². The highest BCUT2D eigenvalue weighted by atomic mass is 32.2. The first-order chi connectivity index (χ1) is 12.7. The summed E-state index contributed by atoms with van der Waals surface area (Å²) < 4.78 is 0. The van der Waals surface area contributed by atoms with Crippen molar-refractivity contribution in [1.82, 2.24) is 9.88 Å². The van der Waals surface area contributed by atoms with Crippen molar-refractivity contribution < 1.29 is 4.79 Å². The molecule has 6 heteroatoms. The average Bonchev–Trinajstić information content (AvgIpc) is 3.39. The van der Waals surface area contributed by atoms with Gasteiger partial charge in [-0.1, -0.05) is 17.8 Å². The van der Waals surface area contributed by atoms with E-state index in [1.807, 2.05) is 17.9 Å². The Balaban J connectivity index is 1.50. The van der Waals surface area contributed by atoms with E-state index in [9.17, 15) is 10.1 Å². The van der Waals surface area contributed by atoms with Gasteiger partial charge in [-0.05, 0) is 61.6 Å². The van der Waals surface area contributed by atoms with Gasteiger partial charge in [-0.3, -0.25) is 4.79 Å². The Morgan fingerprint density at radius 2 is 2.35 bits per heavy atom. The van der Waals surface area contributed by atoms with Crippen molar-refractivity contribution in [3.8, 4) is 6.07 Å². The van der Waals surface area contributed by atoms with Crippen molar-refractivity contribution in [3.05, 3.63) is 44.8 Å². The number of hydrogen-bond donors (Lipinski definition) is 0. The Kier molecular flexibility index (Phi) is 5.01. The third kappa shape index (κ3) is 3.15. The van der Waals surface area contributed by atoms with E-state index in [4.69, 9.17) is 4.98 Å². The Morgan fingerprint density at radius 1 is 1.46 bits per heavy atom. The highest BCUT2D eigenvalue weighted by molar-refractivity contribution is 8.00. The Labute approximate surface area is 162 Å². The summed E-state index contributed by atoms with van der Waals surface area (Å²) in [6, 6.07) is 6.69. The molecule has 26 heavy (non-hydrogen) atoms. The predicted octanol–water partition coefficient (Wildman–Crippen LogP) is 4.27. The maximum Gasteiger partial charge on any atom is 0.233 e. The van der Waals surface area contributed by atoms with Gasteiger partial charge in [0.2, 0.25) is 5.91 Å². The number of aromatic nitrogens is 1. The number of hydrogen-bond acceptors (Lipinski definition) is 5. The summed E-state index contributed by atoms with van der Waals surface area (Å²) in [6.45, 7) is 2.84. The number of carbonyl (C=O) groups excluding carboxylic acids is 1. The molecular weight excluding hydrogens is 362 g/mol. The molecule has 2 aromatic rings. The Hall–Kier alpha value is -1.84. The van der Waals surface area contributed by atoms with Crippen molar-refractivity contribution >= 4 is 29.0 Å².